The van der Waals surface area contributed by atoms with E-state index in [1.54, 1.807) is 0 Å². The Kier molecular flexibility index (Phi) is 6.33. The third-order valence-electron chi connectivity index (χ3n) is 4.81. The average Bonchev–Trinajstić information content (AvgIpc) is 3.02. The summed E-state index contributed by atoms with van der Waals surface area (Å²) in [6.07, 6.45) is 1.38. The van der Waals surface area contributed by atoms with Gasteiger partial charge in [0.05, 0.1) is 11.1 Å². The van der Waals surface area contributed by atoms with E-state index in [1.807, 2.05) is 24.3 Å². The van der Waals surface area contributed by atoms with Gasteiger partial charge in [-0.3, -0.25) is 14.6 Å². The maximum atomic E-state index is 13.5. The van der Waals surface area contributed by atoms with Crippen molar-refractivity contribution in [2.45, 2.75) is 18.9 Å². The van der Waals surface area contributed by atoms with Crippen LogP contribution in [0.2, 0.25) is 5.02 Å². The van der Waals surface area contributed by atoms with E-state index < -0.39 is 17.6 Å². The zero-order valence-corrected chi connectivity index (χ0v) is 16.2. The van der Waals surface area contributed by atoms with E-state index in [4.69, 9.17) is 23.1 Å². The quantitative estimate of drug-likeness (QED) is 0.338. The normalized spacial score (nSPS) is 17.3. The van der Waals surface area contributed by atoms with Crippen LogP contribution in [0.3, 0.4) is 0 Å². The molecule has 0 bridgehead atoms. The van der Waals surface area contributed by atoms with E-state index in [0.29, 0.717) is 13.0 Å². The molecule has 3 rings (SSSR count). The number of guanidine groups is 1. The lowest BCUT2D eigenvalue weighted by Crippen LogP contribution is -2.39. The van der Waals surface area contributed by atoms with Gasteiger partial charge in [-0.05, 0) is 48.1 Å². The van der Waals surface area contributed by atoms with Gasteiger partial charge in [0.2, 0.25) is 0 Å². The van der Waals surface area contributed by atoms with Gasteiger partial charge < -0.3 is 22.1 Å². The highest BCUT2D eigenvalue weighted by Gasteiger charge is 2.34. The number of benzene rings is 2. The zero-order valence-electron chi connectivity index (χ0n) is 15.5. The highest BCUT2D eigenvalue weighted by Crippen LogP contribution is 2.37. The molecular formula is C20H21ClFN5O2. The number of rotatable bonds is 5. The van der Waals surface area contributed by atoms with E-state index in [9.17, 15) is 14.0 Å². The Bertz CT molecular complexity index is 962. The number of nitrogens with one attached hydrogen (secondary N) is 2. The number of fused-ring (bicyclic) bond motifs is 1. The van der Waals surface area contributed by atoms with E-state index in [0.717, 1.165) is 23.6 Å². The van der Waals surface area contributed by atoms with Crippen molar-refractivity contribution in [3.8, 4) is 0 Å². The van der Waals surface area contributed by atoms with E-state index in [2.05, 4.69) is 15.6 Å². The fraction of sp³-hybridized carbons (Fsp3) is 0.250. The van der Waals surface area contributed by atoms with Crippen molar-refractivity contribution >= 4 is 35.1 Å². The summed E-state index contributed by atoms with van der Waals surface area (Å²) < 4.78 is 13.5. The number of carbonyl (C=O) groups excluding carboxylic acids is 2. The molecule has 152 valence electrons. The predicted molar refractivity (Wildman–Crippen MR) is 110 cm³/mol. The van der Waals surface area contributed by atoms with Crippen LogP contribution >= 0.6 is 11.6 Å². The van der Waals surface area contributed by atoms with Gasteiger partial charge >= 0.3 is 11.8 Å². The van der Waals surface area contributed by atoms with E-state index in [1.165, 1.54) is 12.1 Å². The summed E-state index contributed by atoms with van der Waals surface area (Å²) in [7, 11) is 0. The molecule has 0 saturated heterocycles. The smallest absolute Gasteiger partial charge is 0.313 e. The Morgan fingerprint density at radius 1 is 1.17 bits per heavy atom. The highest BCUT2D eigenvalue weighted by molar-refractivity contribution is 6.39. The SMILES string of the molecule is NC(N)=NCC[C@H]1Cc2ccccc2[C@@H]1NC(=O)C(=O)Nc1ccc(Cl)c(F)c1. The molecule has 29 heavy (non-hydrogen) atoms. The largest absolute Gasteiger partial charge is 0.370 e. The Balaban J connectivity index is 1.70. The summed E-state index contributed by atoms with van der Waals surface area (Å²) in [5.41, 5.74) is 13.0. The molecule has 0 aromatic heterocycles. The summed E-state index contributed by atoms with van der Waals surface area (Å²) in [5.74, 6) is -2.33. The molecule has 2 amide bonds. The van der Waals surface area contributed by atoms with Crippen molar-refractivity contribution in [3.05, 3.63) is 64.4 Å². The lowest BCUT2D eigenvalue weighted by atomic mass is 9.97. The van der Waals surface area contributed by atoms with Crippen LogP contribution < -0.4 is 22.1 Å². The molecule has 1 aliphatic carbocycles. The molecule has 9 heteroatoms. The lowest BCUT2D eigenvalue weighted by molar-refractivity contribution is -0.136. The zero-order chi connectivity index (χ0) is 21.0. The van der Waals surface area contributed by atoms with Crippen molar-refractivity contribution < 1.29 is 14.0 Å². The summed E-state index contributed by atoms with van der Waals surface area (Å²) in [4.78, 5) is 28.8. The van der Waals surface area contributed by atoms with Crippen molar-refractivity contribution in [3.63, 3.8) is 0 Å². The minimum Gasteiger partial charge on any atom is -0.370 e. The number of aliphatic imine (C=N–C) groups is 1. The van der Waals surface area contributed by atoms with Crippen molar-refractivity contribution in [1.29, 1.82) is 0 Å². The maximum absolute atomic E-state index is 13.5. The number of anilines is 1. The van der Waals surface area contributed by atoms with Crippen molar-refractivity contribution in [2.75, 3.05) is 11.9 Å². The van der Waals surface area contributed by atoms with Crippen LogP contribution in [0.5, 0.6) is 0 Å². The molecule has 0 heterocycles. The molecule has 0 saturated carbocycles. The standard InChI is InChI=1S/C20H21ClFN5O2/c21-15-6-5-13(10-16(15)22)26-18(28)19(29)27-17-12(7-8-25-20(23)24)9-11-3-1-2-4-14(11)17/h1-6,10,12,17H,7-9H2,(H,26,28)(H,27,29)(H4,23,24,25)/t12-,17+/m0/s1. The monoisotopic (exact) mass is 417 g/mol. The molecule has 2 atom stereocenters. The molecule has 7 nitrogen and oxygen atoms in total. The average molecular weight is 418 g/mol. The number of nitrogens with two attached hydrogens (primary N) is 2. The molecule has 0 fully saturated rings. The van der Waals surface area contributed by atoms with Crippen LogP contribution in [0.15, 0.2) is 47.5 Å². The Morgan fingerprint density at radius 3 is 2.66 bits per heavy atom. The third-order valence-corrected chi connectivity index (χ3v) is 5.11. The van der Waals surface area contributed by atoms with Crippen LogP contribution in [0.25, 0.3) is 0 Å². The van der Waals surface area contributed by atoms with Crippen LogP contribution in [-0.4, -0.2) is 24.3 Å². The molecule has 6 N–H and O–H groups in total. The second kappa shape index (κ2) is 8.91. The Hall–Kier alpha value is -3.13. The third kappa shape index (κ3) is 5.03. The predicted octanol–water partition coefficient (Wildman–Crippen LogP) is 2.11. The van der Waals surface area contributed by atoms with Gasteiger partial charge in [-0.15, -0.1) is 0 Å². The fourth-order valence-corrected chi connectivity index (χ4v) is 3.59. The van der Waals surface area contributed by atoms with Crippen LogP contribution in [-0.2, 0) is 16.0 Å². The van der Waals surface area contributed by atoms with Gasteiger partial charge in [0, 0.05) is 12.2 Å². The number of amides is 2. The van der Waals surface area contributed by atoms with Crippen LogP contribution in [0.4, 0.5) is 10.1 Å². The summed E-state index contributed by atoms with van der Waals surface area (Å²) in [6.45, 7) is 0.420. The molecule has 0 aliphatic heterocycles. The van der Waals surface area contributed by atoms with Gasteiger partial charge in [-0.1, -0.05) is 35.9 Å². The first-order valence-corrected chi connectivity index (χ1v) is 9.43. The first kappa shape index (κ1) is 20.6. The van der Waals surface area contributed by atoms with E-state index >= 15 is 0 Å². The minimum atomic E-state index is -0.890. The Labute approximate surface area is 172 Å². The summed E-state index contributed by atoms with van der Waals surface area (Å²) in [5, 5.41) is 5.09. The summed E-state index contributed by atoms with van der Waals surface area (Å²) >= 11 is 5.63. The molecule has 2 aromatic carbocycles. The van der Waals surface area contributed by atoms with Crippen LogP contribution in [0, 0.1) is 11.7 Å². The summed E-state index contributed by atoms with van der Waals surface area (Å²) in [6, 6.07) is 11.2. The molecule has 0 spiro atoms. The van der Waals surface area contributed by atoms with Gasteiger partial charge in [0.25, 0.3) is 0 Å². The van der Waals surface area contributed by atoms with Gasteiger partial charge in [0.15, 0.2) is 5.96 Å². The van der Waals surface area contributed by atoms with Crippen LogP contribution in [0.1, 0.15) is 23.6 Å². The molecular weight excluding hydrogens is 397 g/mol. The maximum Gasteiger partial charge on any atom is 0.313 e. The number of halogens is 2. The minimum absolute atomic E-state index is 0.00988. The topological polar surface area (TPSA) is 123 Å². The van der Waals surface area contributed by atoms with Gasteiger partial charge in [-0.2, -0.15) is 0 Å². The van der Waals surface area contributed by atoms with E-state index in [-0.39, 0.29) is 28.6 Å². The lowest BCUT2D eigenvalue weighted by Gasteiger charge is -2.21. The first-order chi connectivity index (χ1) is 13.8. The second-order valence-electron chi connectivity index (χ2n) is 6.79. The molecule has 0 radical (unpaired) electrons. The highest BCUT2D eigenvalue weighted by atomic mass is 35.5. The molecule has 0 unspecified atom stereocenters. The first-order valence-electron chi connectivity index (χ1n) is 9.05. The fourth-order valence-electron chi connectivity index (χ4n) is 3.47. The number of hydrogen-bond donors (Lipinski definition) is 4. The molecule has 2 aromatic rings. The van der Waals surface area contributed by atoms with Gasteiger partial charge in [-0.25, -0.2) is 4.39 Å². The Morgan fingerprint density at radius 2 is 1.93 bits per heavy atom. The van der Waals surface area contributed by atoms with Crippen molar-refractivity contribution in [2.24, 2.45) is 22.4 Å². The number of carbonyl (C=O) groups is 2. The number of nitrogens with zero attached hydrogens (tertiary/aromatic N) is 1. The molecule has 1 aliphatic rings. The number of hydrogen-bond acceptors (Lipinski definition) is 3. The van der Waals surface area contributed by atoms with Gasteiger partial charge in [0.1, 0.15) is 5.82 Å². The second-order valence-corrected chi connectivity index (χ2v) is 7.20. The van der Waals surface area contributed by atoms with Crippen molar-refractivity contribution in [1.82, 2.24) is 5.32 Å².